The number of amides is 1. The van der Waals surface area contributed by atoms with Gasteiger partial charge in [-0.2, -0.15) is 0 Å². The average molecular weight is 307 g/mol. The molecule has 1 saturated heterocycles. The van der Waals surface area contributed by atoms with E-state index >= 15 is 0 Å². The maximum atomic E-state index is 11.3. The molecule has 5 nitrogen and oxygen atoms in total. The third kappa shape index (κ3) is 3.62. The van der Waals surface area contributed by atoms with E-state index in [0.717, 1.165) is 23.4 Å². The van der Waals surface area contributed by atoms with Gasteiger partial charge >= 0.3 is 0 Å². The first-order valence-electron chi connectivity index (χ1n) is 6.81. The molecule has 1 amide bonds. The SMILES string of the molecule is CC(N=C1CNCC/C1=C(/N)C(N)=O)c1ccccc1Cl. The Hall–Kier alpha value is -1.85. The monoisotopic (exact) mass is 306 g/mol. The molecule has 5 N–H and O–H groups in total. The third-order valence-electron chi connectivity index (χ3n) is 3.49. The van der Waals surface area contributed by atoms with Crippen molar-refractivity contribution >= 4 is 23.2 Å². The van der Waals surface area contributed by atoms with Gasteiger partial charge in [-0.3, -0.25) is 9.79 Å². The van der Waals surface area contributed by atoms with Crippen LogP contribution in [0.15, 0.2) is 40.5 Å². The Morgan fingerprint density at radius 3 is 2.76 bits per heavy atom. The van der Waals surface area contributed by atoms with Gasteiger partial charge in [0.15, 0.2) is 0 Å². The van der Waals surface area contributed by atoms with Crippen LogP contribution < -0.4 is 16.8 Å². The van der Waals surface area contributed by atoms with Crippen LogP contribution >= 0.6 is 11.6 Å². The van der Waals surface area contributed by atoms with Crippen molar-refractivity contribution in [1.82, 2.24) is 5.32 Å². The summed E-state index contributed by atoms with van der Waals surface area (Å²) in [5, 5.41) is 3.90. The molecule has 0 aliphatic carbocycles. The molecule has 112 valence electrons. The van der Waals surface area contributed by atoms with Gasteiger partial charge in [0, 0.05) is 17.1 Å². The Morgan fingerprint density at radius 2 is 2.10 bits per heavy atom. The first kappa shape index (κ1) is 15.5. The predicted molar refractivity (Wildman–Crippen MR) is 85.2 cm³/mol. The fraction of sp³-hybridized carbons (Fsp3) is 0.333. The van der Waals surface area contributed by atoms with Crippen molar-refractivity contribution < 1.29 is 4.79 Å². The largest absolute Gasteiger partial charge is 0.394 e. The minimum absolute atomic E-state index is 0.0987. The van der Waals surface area contributed by atoms with Crippen LogP contribution in [-0.2, 0) is 4.79 Å². The molecular formula is C15H19ClN4O. The summed E-state index contributed by atoms with van der Waals surface area (Å²) in [6.07, 6.45) is 0.642. The van der Waals surface area contributed by atoms with Gasteiger partial charge in [-0.15, -0.1) is 0 Å². The van der Waals surface area contributed by atoms with E-state index in [1.165, 1.54) is 0 Å². The van der Waals surface area contributed by atoms with Crippen LogP contribution in [0.4, 0.5) is 0 Å². The van der Waals surface area contributed by atoms with Crippen LogP contribution in [0.5, 0.6) is 0 Å². The van der Waals surface area contributed by atoms with E-state index in [1.54, 1.807) is 0 Å². The summed E-state index contributed by atoms with van der Waals surface area (Å²) >= 11 is 6.19. The molecule has 1 aliphatic rings. The van der Waals surface area contributed by atoms with E-state index in [4.69, 9.17) is 23.1 Å². The molecule has 0 saturated carbocycles. The molecule has 2 rings (SSSR count). The standard InChI is InChI=1S/C15H19ClN4O/c1-9(10-4-2-3-5-12(10)16)20-13-8-19-7-6-11(13)14(17)15(18)21/h2-5,9,19H,6-8,17H2,1H3,(H2,18,21)/b14-11-,20-13?. The number of nitrogens with one attached hydrogen (secondary N) is 1. The van der Waals surface area contributed by atoms with Gasteiger partial charge in [-0.25, -0.2) is 0 Å². The number of piperidine rings is 1. The number of rotatable bonds is 3. The van der Waals surface area contributed by atoms with Crippen molar-refractivity contribution in [2.24, 2.45) is 16.5 Å². The Bertz CT molecular complexity index is 609. The topological polar surface area (TPSA) is 93.5 Å². The van der Waals surface area contributed by atoms with Crippen molar-refractivity contribution in [2.45, 2.75) is 19.4 Å². The molecule has 21 heavy (non-hydrogen) atoms. The highest BCUT2D eigenvalue weighted by Crippen LogP contribution is 2.26. The Morgan fingerprint density at radius 1 is 1.38 bits per heavy atom. The van der Waals surface area contributed by atoms with Gasteiger partial charge in [0.25, 0.3) is 5.91 Å². The average Bonchev–Trinajstić information content (AvgIpc) is 2.47. The van der Waals surface area contributed by atoms with E-state index in [1.807, 2.05) is 31.2 Å². The summed E-state index contributed by atoms with van der Waals surface area (Å²) in [7, 11) is 0. The molecule has 0 spiro atoms. The Balaban J connectivity index is 2.35. The summed E-state index contributed by atoms with van der Waals surface area (Å²) in [6, 6.07) is 7.45. The van der Waals surface area contributed by atoms with Crippen molar-refractivity contribution in [1.29, 1.82) is 0 Å². The number of carbonyl (C=O) groups is 1. The highest BCUT2D eigenvalue weighted by molar-refractivity contribution is 6.31. The predicted octanol–water partition coefficient (Wildman–Crippen LogP) is 1.53. The number of carbonyl (C=O) groups excluding carboxylic acids is 1. The maximum absolute atomic E-state index is 11.3. The van der Waals surface area contributed by atoms with Gasteiger partial charge in [-0.1, -0.05) is 29.8 Å². The van der Waals surface area contributed by atoms with Crippen LogP contribution in [0, 0.1) is 0 Å². The molecule has 1 heterocycles. The fourth-order valence-corrected chi connectivity index (χ4v) is 2.64. The fourth-order valence-electron chi connectivity index (χ4n) is 2.35. The van der Waals surface area contributed by atoms with E-state index in [-0.39, 0.29) is 11.7 Å². The third-order valence-corrected chi connectivity index (χ3v) is 3.83. The quantitative estimate of drug-likeness (QED) is 0.739. The molecule has 1 unspecified atom stereocenters. The van der Waals surface area contributed by atoms with Gasteiger partial charge in [0.05, 0.1) is 11.8 Å². The number of hydrogen-bond donors (Lipinski definition) is 3. The summed E-state index contributed by atoms with van der Waals surface area (Å²) in [6.45, 7) is 3.28. The molecule has 0 aromatic heterocycles. The van der Waals surface area contributed by atoms with Crippen molar-refractivity contribution in [3.05, 3.63) is 46.1 Å². The first-order chi connectivity index (χ1) is 10.0. The van der Waals surface area contributed by atoms with Gasteiger partial charge < -0.3 is 16.8 Å². The summed E-state index contributed by atoms with van der Waals surface area (Å²) in [5.41, 5.74) is 13.6. The van der Waals surface area contributed by atoms with Crippen molar-refractivity contribution in [3.8, 4) is 0 Å². The lowest BCUT2D eigenvalue weighted by Crippen LogP contribution is -2.36. The summed E-state index contributed by atoms with van der Waals surface area (Å²) in [5.74, 6) is -0.606. The van der Waals surface area contributed by atoms with Gasteiger partial charge in [-0.05, 0) is 31.5 Å². The molecule has 1 atom stereocenters. The molecule has 1 fully saturated rings. The highest BCUT2D eigenvalue weighted by Gasteiger charge is 2.20. The van der Waals surface area contributed by atoms with E-state index in [0.29, 0.717) is 18.0 Å². The number of aliphatic imine (C=N–C) groups is 1. The zero-order valence-electron chi connectivity index (χ0n) is 11.9. The van der Waals surface area contributed by atoms with E-state index in [2.05, 4.69) is 10.3 Å². The normalized spacial score (nSPS) is 21.1. The van der Waals surface area contributed by atoms with Crippen LogP contribution in [-0.4, -0.2) is 24.7 Å². The molecule has 1 aromatic carbocycles. The molecule has 6 heteroatoms. The first-order valence-corrected chi connectivity index (χ1v) is 7.19. The summed E-state index contributed by atoms with van der Waals surface area (Å²) < 4.78 is 0. The lowest BCUT2D eigenvalue weighted by molar-refractivity contribution is -0.114. The molecule has 0 radical (unpaired) electrons. The lowest BCUT2D eigenvalue weighted by atomic mass is 9.99. The van der Waals surface area contributed by atoms with Gasteiger partial charge in [0.2, 0.25) is 0 Å². The van der Waals surface area contributed by atoms with Gasteiger partial charge in [0.1, 0.15) is 5.70 Å². The zero-order chi connectivity index (χ0) is 15.4. The van der Waals surface area contributed by atoms with Crippen LogP contribution in [0.1, 0.15) is 24.9 Å². The second-order valence-corrected chi connectivity index (χ2v) is 5.36. The highest BCUT2D eigenvalue weighted by atomic mass is 35.5. The number of hydrogen-bond acceptors (Lipinski definition) is 4. The maximum Gasteiger partial charge on any atom is 0.264 e. The molecule has 0 bridgehead atoms. The number of nitrogens with zero attached hydrogens (tertiary/aromatic N) is 1. The van der Waals surface area contributed by atoms with Crippen molar-refractivity contribution in [2.75, 3.05) is 13.1 Å². The lowest BCUT2D eigenvalue weighted by Gasteiger charge is -2.21. The van der Waals surface area contributed by atoms with Crippen LogP contribution in [0.3, 0.4) is 0 Å². The molecule has 1 aliphatic heterocycles. The second kappa shape index (κ2) is 6.74. The smallest absolute Gasteiger partial charge is 0.264 e. The van der Waals surface area contributed by atoms with E-state index in [9.17, 15) is 4.79 Å². The summed E-state index contributed by atoms with van der Waals surface area (Å²) in [4.78, 5) is 16.0. The minimum atomic E-state index is -0.606. The van der Waals surface area contributed by atoms with Crippen LogP contribution in [0.25, 0.3) is 0 Å². The van der Waals surface area contributed by atoms with Crippen LogP contribution in [0.2, 0.25) is 5.02 Å². The minimum Gasteiger partial charge on any atom is -0.394 e. The number of primary amides is 1. The zero-order valence-corrected chi connectivity index (χ0v) is 12.7. The second-order valence-electron chi connectivity index (χ2n) is 4.96. The number of halogens is 1. The van der Waals surface area contributed by atoms with Crippen molar-refractivity contribution in [3.63, 3.8) is 0 Å². The Kier molecular flexibility index (Phi) is 4.98. The number of nitrogens with two attached hydrogens (primary N) is 2. The molecule has 1 aromatic rings. The van der Waals surface area contributed by atoms with E-state index < -0.39 is 5.91 Å². The number of benzene rings is 1. The molecular weight excluding hydrogens is 288 g/mol. The Labute approximate surface area is 129 Å².